The Morgan fingerprint density at radius 3 is 2.94 bits per heavy atom. The highest BCUT2D eigenvalue weighted by Crippen LogP contribution is 2.27. The van der Waals surface area contributed by atoms with Crippen LogP contribution in [-0.2, 0) is 6.54 Å². The van der Waals surface area contributed by atoms with Crippen LogP contribution in [0.4, 0.5) is 0 Å². The topological polar surface area (TPSA) is 43.8 Å². The van der Waals surface area contributed by atoms with Crippen LogP contribution in [-0.4, -0.2) is 15.6 Å². The molecule has 1 aromatic rings. The molecule has 0 radical (unpaired) electrons. The number of hydrogen-bond donors (Lipinski definition) is 1. The predicted molar refractivity (Wildman–Crippen MR) is 66.2 cm³/mol. The second-order valence-electron chi connectivity index (χ2n) is 5.28. The van der Waals surface area contributed by atoms with E-state index in [1.807, 2.05) is 6.20 Å². The Hall–Kier alpha value is -0.830. The van der Waals surface area contributed by atoms with E-state index in [1.54, 1.807) is 0 Å². The minimum Gasteiger partial charge on any atom is -0.335 e. The van der Waals surface area contributed by atoms with Gasteiger partial charge in [-0.25, -0.2) is 4.98 Å². The number of aromatic nitrogens is 2. The number of rotatable bonds is 4. The average Bonchev–Trinajstić information content (AvgIpc) is 2.83. The van der Waals surface area contributed by atoms with E-state index < -0.39 is 0 Å². The summed E-state index contributed by atoms with van der Waals surface area (Å²) >= 11 is 0. The lowest BCUT2D eigenvalue weighted by Gasteiger charge is -2.17. The van der Waals surface area contributed by atoms with Gasteiger partial charge in [0, 0.05) is 30.9 Å². The van der Waals surface area contributed by atoms with Gasteiger partial charge in [-0.15, -0.1) is 0 Å². The maximum atomic E-state index is 6.09. The third-order valence-corrected chi connectivity index (χ3v) is 3.72. The van der Waals surface area contributed by atoms with Gasteiger partial charge in [0.05, 0.1) is 0 Å². The molecule has 2 N–H and O–H groups in total. The second-order valence-corrected chi connectivity index (χ2v) is 5.28. The Kier molecular flexibility index (Phi) is 3.64. The van der Waals surface area contributed by atoms with E-state index >= 15 is 0 Å². The molecule has 2 unspecified atom stereocenters. The van der Waals surface area contributed by atoms with Gasteiger partial charge in [0.2, 0.25) is 0 Å². The zero-order valence-electron chi connectivity index (χ0n) is 10.4. The summed E-state index contributed by atoms with van der Waals surface area (Å²) in [5, 5.41) is 0. The standard InChI is InChI=1S/C13H23N3/c1-10(2)13-15-7-9-16(13)8-6-11-4-3-5-12(11)14/h7,9-12H,3-6,8,14H2,1-2H3. The van der Waals surface area contributed by atoms with Crippen molar-refractivity contribution >= 4 is 0 Å². The van der Waals surface area contributed by atoms with Crippen molar-refractivity contribution in [3.8, 4) is 0 Å². The summed E-state index contributed by atoms with van der Waals surface area (Å²) in [4.78, 5) is 4.41. The Bertz CT molecular complexity index is 330. The normalized spacial score (nSPS) is 25.5. The second kappa shape index (κ2) is 5.00. The summed E-state index contributed by atoms with van der Waals surface area (Å²) in [7, 11) is 0. The number of nitrogens with zero attached hydrogens (tertiary/aromatic N) is 2. The van der Waals surface area contributed by atoms with Crippen LogP contribution in [0.5, 0.6) is 0 Å². The number of imidazole rings is 1. The van der Waals surface area contributed by atoms with E-state index in [2.05, 4.69) is 29.6 Å². The van der Waals surface area contributed by atoms with Crippen molar-refractivity contribution in [1.29, 1.82) is 0 Å². The molecule has 1 aromatic heterocycles. The molecule has 2 atom stereocenters. The van der Waals surface area contributed by atoms with Crippen LogP contribution in [0.2, 0.25) is 0 Å². The lowest BCUT2D eigenvalue weighted by molar-refractivity contribution is 0.409. The quantitative estimate of drug-likeness (QED) is 0.849. The average molecular weight is 221 g/mol. The summed E-state index contributed by atoms with van der Waals surface area (Å²) in [5.74, 6) is 2.43. The summed E-state index contributed by atoms with van der Waals surface area (Å²) in [5.41, 5.74) is 6.09. The van der Waals surface area contributed by atoms with Crippen molar-refractivity contribution in [3.63, 3.8) is 0 Å². The number of aryl methyl sites for hydroxylation is 1. The van der Waals surface area contributed by atoms with Gasteiger partial charge in [0.1, 0.15) is 5.82 Å². The first-order valence-electron chi connectivity index (χ1n) is 6.45. The molecule has 1 heterocycles. The molecule has 0 amide bonds. The molecule has 0 saturated heterocycles. The first-order valence-corrected chi connectivity index (χ1v) is 6.45. The molecule has 90 valence electrons. The summed E-state index contributed by atoms with van der Waals surface area (Å²) < 4.78 is 2.29. The van der Waals surface area contributed by atoms with Gasteiger partial charge in [-0.1, -0.05) is 20.3 Å². The Morgan fingerprint density at radius 1 is 1.50 bits per heavy atom. The zero-order chi connectivity index (χ0) is 11.5. The van der Waals surface area contributed by atoms with E-state index in [0.717, 1.165) is 12.5 Å². The van der Waals surface area contributed by atoms with E-state index in [-0.39, 0.29) is 0 Å². The number of nitrogens with two attached hydrogens (primary N) is 1. The molecule has 0 bridgehead atoms. The fourth-order valence-electron chi connectivity index (χ4n) is 2.74. The van der Waals surface area contributed by atoms with Gasteiger partial charge in [0.15, 0.2) is 0 Å². The molecule has 1 fully saturated rings. The van der Waals surface area contributed by atoms with Gasteiger partial charge in [0.25, 0.3) is 0 Å². The molecule has 0 aliphatic heterocycles. The van der Waals surface area contributed by atoms with Crippen LogP contribution in [0.3, 0.4) is 0 Å². The van der Waals surface area contributed by atoms with Crippen molar-refractivity contribution < 1.29 is 0 Å². The largest absolute Gasteiger partial charge is 0.335 e. The fourth-order valence-corrected chi connectivity index (χ4v) is 2.74. The van der Waals surface area contributed by atoms with Crippen LogP contribution in [0.1, 0.15) is 51.3 Å². The van der Waals surface area contributed by atoms with E-state index in [4.69, 9.17) is 5.73 Å². The lowest BCUT2D eigenvalue weighted by Crippen LogP contribution is -2.25. The smallest absolute Gasteiger partial charge is 0.111 e. The number of hydrogen-bond acceptors (Lipinski definition) is 2. The van der Waals surface area contributed by atoms with Crippen molar-refractivity contribution in [3.05, 3.63) is 18.2 Å². The summed E-state index contributed by atoms with van der Waals surface area (Å²) in [6.07, 6.45) is 9.04. The Balaban J connectivity index is 1.91. The molecule has 3 heteroatoms. The molecule has 2 rings (SSSR count). The van der Waals surface area contributed by atoms with Gasteiger partial charge >= 0.3 is 0 Å². The van der Waals surface area contributed by atoms with Gasteiger partial charge in [-0.2, -0.15) is 0 Å². The van der Waals surface area contributed by atoms with Crippen molar-refractivity contribution in [2.45, 2.75) is 58.0 Å². The van der Waals surface area contributed by atoms with E-state index in [0.29, 0.717) is 12.0 Å². The van der Waals surface area contributed by atoms with Crippen LogP contribution in [0.25, 0.3) is 0 Å². The molecule has 3 nitrogen and oxygen atoms in total. The van der Waals surface area contributed by atoms with Crippen LogP contribution in [0, 0.1) is 5.92 Å². The van der Waals surface area contributed by atoms with Crippen LogP contribution < -0.4 is 5.73 Å². The zero-order valence-corrected chi connectivity index (χ0v) is 10.4. The maximum Gasteiger partial charge on any atom is 0.111 e. The van der Waals surface area contributed by atoms with Gasteiger partial charge < -0.3 is 10.3 Å². The molecule has 1 aliphatic rings. The highest BCUT2D eigenvalue weighted by Gasteiger charge is 2.23. The first kappa shape index (κ1) is 11.6. The van der Waals surface area contributed by atoms with Crippen molar-refractivity contribution in [1.82, 2.24) is 9.55 Å². The predicted octanol–water partition coefficient (Wildman–Crippen LogP) is 2.52. The highest BCUT2D eigenvalue weighted by molar-refractivity contribution is 4.97. The minimum atomic E-state index is 0.436. The van der Waals surface area contributed by atoms with Crippen molar-refractivity contribution in [2.75, 3.05) is 0 Å². The highest BCUT2D eigenvalue weighted by atomic mass is 15.1. The molecule has 1 saturated carbocycles. The SMILES string of the molecule is CC(C)c1nccn1CCC1CCCC1N. The third kappa shape index (κ3) is 2.46. The first-order chi connectivity index (χ1) is 7.68. The summed E-state index contributed by atoms with van der Waals surface area (Å²) in [6.45, 7) is 5.46. The summed E-state index contributed by atoms with van der Waals surface area (Å²) in [6, 6.07) is 0.436. The van der Waals surface area contributed by atoms with E-state index in [1.165, 1.54) is 31.5 Å². The molecule has 0 spiro atoms. The molecule has 0 aromatic carbocycles. The van der Waals surface area contributed by atoms with Gasteiger partial charge in [-0.3, -0.25) is 0 Å². The van der Waals surface area contributed by atoms with Gasteiger partial charge in [-0.05, 0) is 25.2 Å². The third-order valence-electron chi connectivity index (χ3n) is 3.72. The molecule has 1 aliphatic carbocycles. The molecular formula is C13H23N3. The monoisotopic (exact) mass is 221 g/mol. The van der Waals surface area contributed by atoms with Crippen LogP contribution >= 0.6 is 0 Å². The van der Waals surface area contributed by atoms with E-state index in [9.17, 15) is 0 Å². The van der Waals surface area contributed by atoms with Crippen LogP contribution in [0.15, 0.2) is 12.4 Å². The Labute approximate surface area is 98.1 Å². The van der Waals surface area contributed by atoms with Crippen molar-refractivity contribution in [2.24, 2.45) is 11.7 Å². The minimum absolute atomic E-state index is 0.436. The lowest BCUT2D eigenvalue weighted by atomic mass is 10.0. The molecular weight excluding hydrogens is 198 g/mol. The maximum absolute atomic E-state index is 6.09. The fraction of sp³-hybridized carbons (Fsp3) is 0.769. The molecule has 16 heavy (non-hydrogen) atoms. The Morgan fingerprint density at radius 2 is 2.31 bits per heavy atom.